The zero-order valence-electron chi connectivity index (χ0n) is 14.8. The Morgan fingerprint density at radius 3 is 2.38 bits per heavy atom. The molecule has 4 nitrogen and oxygen atoms in total. The number of halogens is 3. The topological polar surface area (TPSA) is 55.1 Å². The van der Waals surface area contributed by atoms with Gasteiger partial charge in [-0.3, -0.25) is 4.79 Å². The first-order valence-corrected chi connectivity index (χ1v) is 10.1. The molecular weight excluding hydrogens is 475 g/mol. The fourth-order valence-corrected chi connectivity index (χ4v) is 3.63. The van der Waals surface area contributed by atoms with Crippen molar-refractivity contribution in [1.29, 1.82) is 0 Å². The number of benzene rings is 3. The first kappa shape index (κ1) is 19.7. The lowest BCUT2D eigenvalue weighted by molar-refractivity contribution is 0.102. The highest BCUT2D eigenvalue weighted by atomic mass is 79.9. The average molecular weight is 488 g/mol. The van der Waals surface area contributed by atoms with Gasteiger partial charge >= 0.3 is 0 Å². The van der Waals surface area contributed by atoms with Crippen molar-refractivity contribution in [3.8, 4) is 22.8 Å². The Morgan fingerprint density at radius 2 is 1.66 bits per heavy atom. The van der Waals surface area contributed by atoms with Crippen LogP contribution in [0.25, 0.3) is 22.8 Å². The highest BCUT2D eigenvalue weighted by molar-refractivity contribution is 9.10. The molecule has 1 amide bonds. The third-order valence-corrected chi connectivity index (χ3v) is 5.12. The Kier molecular flexibility index (Phi) is 5.72. The summed E-state index contributed by atoms with van der Waals surface area (Å²) in [7, 11) is 0. The summed E-state index contributed by atoms with van der Waals surface area (Å²) in [5.41, 5.74) is 2.40. The van der Waals surface area contributed by atoms with E-state index in [9.17, 15) is 4.79 Å². The Balaban J connectivity index is 1.65. The average Bonchev–Trinajstić information content (AvgIpc) is 3.18. The van der Waals surface area contributed by atoms with Crippen LogP contribution < -0.4 is 5.32 Å². The van der Waals surface area contributed by atoms with Crippen LogP contribution in [0.5, 0.6) is 0 Å². The van der Waals surface area contributed by atoms with Gasteiger partial charge in [0.05, 0.1) is 11.8 Å². The van der Waals surface area contributed by atoms with Gasteiger partial charge in [-0.15, -0.1) is 0 Å². The molecule has 4 rings (SSSR count). The van der Waals surface area contributed by atoms with E-state index >= 15 is 0 Å². The third kappa shape index (κ3) is 4.53. The number of aromatic nitrogens is 1. The number of oxazole rings is 1. The van der Waals surface area contributed by atoms with Gasteiger partial charge in [0.15, 0.2) is 5.76 Å². The van der Waals surface area contributed by atoms with Gasteiger partial charge in [-0.1, -0.05) is 63.4 Å². The van der Waals surface area contributed by atoms with Gasteiger partial charge < -0.3 is 9.73 Å². The van der Waals surface area contributed by atoms with Crippen LogP contribution in [0.3, 0.4) is 0 Å². The van der Waals surface area contributed by atoms with Gasteiger partial charge in [-0.25, -0.2) is 4.98 Å². The molecule has 29 heavy (non-hydrogen) atoms. The minimum atomic E-state index is -0.317. The molecule has 1 aromatic heterocycles. The number of anilines is 1. The van der Waals surface area contributed by atoms with E-state index in [1.54, 1.807) is 42.6 Å². The van der Waals surface area contributed by atoms with Crippen molar-refractivity contribution < 1.29 is 9.21 Å². The Morgan fingerprint density at radius 1 is 0.966 bits per heavy atom. The Bertz CT molecular complexity index is 1170. The number of hydrogen-bond acceptors (Lipinski definition) is 3. The maximum Gasteiger partial charge on any atom is 0.256 e. The fourth-order valence-electron chi connectivity index (χ4n) is 2.84. The summed E-state index contributed by atoms with van der Waals surface area (Å²) in [4.78, 5) is 17.2. The highest BCUT2D eigenvalue weighted by Crippen LogP contribution is 2.30. The molecule has 1 heterocycles. The monoisotopic (exact) mass is 486 g/mol. The quantitative estimate of drug-likeness (QED) is 0.327. The zero-order valence-corrected chi connectivity index (χ0v) is 17.9. The SMILES string of the molecule is O=C(Nc1cc(Cl)cc(Cl)c1)c1ccccc1-c1ncc(-c2ccc(Br)cc2)o1. The second-order valence-electron chi connectivity index (χ2n) is 6.19. The molecular formula is C22H13BrCl2N2O2. The van der Waals surface area contributed by atoms with Crippen LogP contribution in [0.15, 0.2) is 81.8 Å². The van der Waals surface area contributed by atoms with Crippen LogP contribution in [0.1, 0.15) is 10.4 Å². The standard InChI is InChI=1S/C22H13BrCl2N2O2/c23-14-7-5-13(6-8-14)20-12-26-22(29-20)19-4-2-1-3-18(19)21(28)27-17-10-15(24)9-16(25)11-17/h1-12H,(H,27,28). The molecule has 0 saturated heterocycles. The smallest absolute Gasteiger partial charge is 0.256 e. The maximum atomic E-state index is 12.9. The van der Waals surface area contributed by atoms with Crippen molar-refractivity contribution in [1.82, 2.24) is 4.98 Å². The summed E-state index contributed by atoms with van der Waals surface area (Å²) in [6.07, 6.45) is 1.64. The van der Waals surface area contributed by atoms with Crippen molar-refractivity contribution >= 4 is 50.7 Å². The molecule has 0 aliphatic heterocycles. The lowest BCUT2D eigenvalue weighted by Gasteiger charge is -2.09. The molecule has 0 radical (unpaired) electrons. The van der Waals surface area contributed by atoms with Crippen molar-refractivity contribution in [2.45, 2.75) is 0 Å². The molecule has 0 fully saturated rings. The van der Waals surface area contributed by atoms with Crippen molar-refractivity contribution in [2.24, 2.45) is 0 Å². The summed E-state index contributed by atoms with van der Waals surface area (Å²) in [5.74, 6) is 0.657. The van der Waals surface area contributed by atoms with Gasteiger partial charge in [-0.2, -0.15) is 0 Å². The normalized spacial score (nSPS) is 10.7. The summed E-state index contributed by atoms with van der Waals surface area (Å²) < 4.78 is 6.90. The molecule has 4 aromatic rings. The van der Waals surface area contributed by atoms with E-state index in [1.807, 2.05) is 30.3 Å². The van der Waals surface area contributed by atoms with Crippen LogP contribution in [0.2, 0.25) is 10.0 Å². The third-order valence-electron chi connectivity index (χ3n) is 4.16. The van der Waals surface area contributed by atoms with E-state index in [-0.39, 0.29) is 5.91 Å². The lowest BCUT2D eigenvalue weighted by atomic mass is 10.1. The number of nitrogens with one attached hydrogen (secondary N) is 1. The predicted molar refractivity (Wildman–Crippen MR) is 119 cm³/mol. The summed E-state index contributed by atoms with van der Waals surface area (Å²) >= 11 is 15.4. The molecule has 0 spiro atoms. The van der Waals surface area contributed by atoms with E-state index in [1.165, 1.54) is 0 Å². The molecule has 0 unspecified atom stereocenters. The van der Waals surface area contributed by atoms with Crippen LogP contribution >= 0.6 is 39.1 Å². The van der Waals surface area contributed by atoms with Crippen LogP contribution in [0.4, 0.5) is 5.69 Å². The summed E-state index contributed by atoms with van der Waals surface area (Å²) in [6.45, 7) is 0. The Labute approximate surface area is 185 Å². The van der Waals surface area contributed by atoms with Crippen molar-refractivity contribution in [2.75, 3.05) is 5.32 Å². The Hall–Kier alpha value is -2.60. The summed E-state index contributed by atoms with van der Waals surface area (Å²) in [6, 6.07) is 19.7. The highest BCUT2D eigenvalue weighted by Gasteiger charge is 2.17. The number of amides is 1. The fraction of sp³-hybridized carbons (Fsp3) is 0. The largest absolute Gasteiger partial charge is 0.436 e. The van der Waals surface area contributed by atoms with E-state index in [0.717, 1.165) is 10.0 Å². The second kappa shape index (κ2) is 8.41. The molecule has 1 N–H and O–H groups in total. The van der Waals surface area contributed by atoms with Crippen molar-refractivity contribution in [3.63, 3.8) is 0 Å². The number of nitrogens with zero attached hydrogens (tertiary/aromatic N) is 1. The van der Waals surface area contributed by atoms with E-state index in [2.05, 4.69) is 26.2 Å². The molecule has 0 aliphatic carbocycles. The second-order valence-corrected chi connectivity index (χ2v) is 7.98. The molecule has 144 valence electrons. The van der Waals surface area contributed by atoms with Gasteiger partial charge in [0.2, 0.25) is 5.89 Å². The van der Waals surface area contributed by atoms with Gasteiger partial charge in [-0.05, 0) is 42.5 Å². The van der Waals surface area contributed by atoms with E-state index in [0.29, 0.717) is 38.5 Å². The molecule has 0 aliphatic rings. The molecule has 0 bridgehead atoms. The van der Waals surface area contributed by atoms with Crippen LogP contribution in [-0.4, -0.2) is 10.9 Å². The minimum absolute atomic E-state index is 0.317. The summed E-state index contributed by atoms with van der Waals surface area (Å²) in [5, 5.41) is 3.69. The van der Waals surface area contributed by atoms with E-state index in [4.69, 9.17) is 27.6 Å². The van der Waals surface area contributed by atoms with E-state index < -0.39 is 0 Å². The lowest BCUT2D eigenvalue weighted by Crippen LogP contribution is -2.13. The molecule has 7 heteroatoms. The first-order chi connectivity index (χ1) is 14.0. The van der Waals surface area contributed by atoms with Crippen LogP contribution in [-0.2, 0) is 0 Å². The predicted octanol–water partition coefficient (Wildman–Crippen LogP) is 7.33. The molecule has 3 aromatic carbocycles. The van der Waals surface area contributed by atoms with Crippen LogP contribution in [0, 0.1) is 0 Å². The minimum Gasteiger partial charge on any atom is -0.436 e. The zero-order chi connectivity index (χ0) is 20.4. The van der Waals surface area contributed by atoms with Gasteiger partial charge in [0.1, 0.15) is 0 Å². The number of carbonyl (C=O) groups excluding carboxylic acids is 1. The van der Waals surface area contributed by atoms with Gasteiger partial charge in [0, 0.05) is 31.3 Å². The number of hydrogen-bond donors (Lipinski definition) is 1. The number of rotatable bonds is 4. The molecule has 0 saturated carbocycles. The first-order valence-electron chi connectivity index (χ1n) is 8.58. The van der Waals surface area contributed by atoms with Crippen molar-refractivity contribution in [3.05, 3.63) is 93.0 Å². The molecule has 0 atom stereocenters. The maximum absolute atomic E-state index is 12.9. The van der Waals surface area contributed by atoms with Gasteiger partial charge in [0.25, 0.3) is 5.91 Å². The number of carbonyl (C=O) groups is 1.